The van der Waals surface area contributed by atoms with Crippen molar-refractivity contribution < 1.29 is 23.9 Å². The predicted octanol–water partition coefficient (Wildman–Crippen LogP) is 4.45. The molecule has 0 saturated heterocycles. The molecule has 32 heavy (non-hydrogen) atoms. The molecule has 0 spiro atoms. The van der Waals surface area contributed by atoms with E-state index in [-0.39, 0.29) is 17.8 Å². The standard InChI is InChI=1S/C25H23NO5S/c1-14-8-16-10-18(12-26-24(28)17-11-22(15(2)27)32-13-17)31-23(16)21(9-14)19-6-4-5-7-20(19)25(29)30-3/h4-9,11,13,18H,10,12H2,1-3H3,(H,26,28). The average molecular weight is 450 g/mol. The lowest BCUT2D eigenvalue weighted by Gasteiger charge is -2.15. The number of hydrogen-bond donors (Lipinski definition) is 1. The number of esters is 1. The van der Waals surface area contributed by atoms with Crippen molar-refractivity contribution in [3.05, 3.63) is 75.0 Å². The van der Waals surface area contributed by atoms with Crippen LogP contribution in [0.1, 0.15) is 48.4 Å². The first kappa shape index (κ1) is 21.8. The first-order chi connectivity index (χ1) is 15.4. The Hall–Kier alpha value is -3.45. The van der Waals surface area contributed by atoms with Crippen LogP contribution in [0.4, 0.5) is 0 Å². The minimum absolute atomic E-state index is 0.0567. The molecule has 0 saturated carbocycles. The van der Waals surface area contributed by atoms with E-state index in [0.29, 0.717) is 29.0 Å². The Bertz CT molecular complexity index is 1210. The zero-order valence-corrected chi connectivity index (χ0v) is 18.9. The van der Waals surface area contributed by atoms with Crippen molar-refractivity contribution in [1.82, 2.24) is 5.32 Å². The highest BCUT2D eigenvalue weighted by Gasteiger charge is 2.28. The molecule has 0 radical (unpaired) electrons. The fraction of sp³-hybridized carbons (Fsp3) is 0.240. The lowest BCUT2D eigenvalue weighted by atomic mass is 9.94. The molecule has 1 aliphatic rings. The van der Waals surface area contributed by atoms with Crippen LogP contribution in [0.3, 0.4) is 0 Å². The number of methoxy groups -OCH3 is 1. The van der Waals surface area contributed by atoms with Crippen molar-refractivity contribution in [2.24, 2.45) is 0 Å². The molecule has 1 N–H and O–H groups in total. The van der Waals surface area contributed by atoms with Crippen LogP contribution in [0.15, 0.2) is 47.8 Å². The quantitative estimate of drug-likeness (QED) is 0.444. The molecule has 0 bridgehead atoms. The molecule has 2 aromatic carbocycles. The number of hydrogen-bond acceptors (Lipinski definition) is 6. The smallest absolute Gasteiger partial charge is 0.338 e. The summed E-state index contributed by atoms with van der Waals surface area (Å²) in [6.45, 7) is 3.81. The zero-order valence-electron chi connectivity index (χ0n) is 18.1. The van der Waals surface area contributed by atoms with Crippen LogP contribution in [0.25, 0.3) is 11.1 Å². The molecular weight excluding hydrogens is 426 g/mol. The molecule has 6 nitrogen and oxygen atoms in total. The van der Waals surface area contributed by atoms with Crippen LogP contribution in [0, 0.1) is 6.92 Å². The summed E-state index contributed by atoms with van der Waals surface area (Å²) >= 11 is 1.26. The van der Waals surface area contributed by atoms with Crippen molar-refractivity contribution in [2.75, 3.05) is 13.7 Å². The second-order valence-corrected chi connectivity index (χ2v) is 8.66. The van der Waals surface area contributed by atoms with E-state index in [1.165, 1.54) is 25.4 Å². The molecule has 2 heterocycles. The third kappa shape index (κ3) is 4.29. The highest BCUT2D eigenvalue weighted by Crippen LogP contribution is 2.41. The number of Topliss-reactive ketones (excluding diaryl/α,β-unsaturated/α-hetero) is 1. The fourth-order valence-corrected chi connectivity index (χ4v) is 4.65. The summed E-state index contributed by atoms with van der Waals surface area (Å²) in [6, 6.07) is 13.0. The normalized spacial score (nSPS) is 14.4. The maximum absolute atomic E-state index is 12.5. The third-order valence-corrected chi connectivity index (χ3v) is 6.39. The molecule has 1 atom stereocenters. The van der Waals surface area contributed by atoms with Gasteiger partial charge in [-0.3, -0.25) is 9.59 Å². The summed E-state index contributed by atoms with van der Waals surface area (Å²) in [6.07, 6.45) is 0.415. The summed E-state index contributed by atoms with van der Waals surface area (Å²) in [4.78, 5) is 36.8. The number of carbonyl (C=O) groups is 3. The summed E-state index contributed by atoms with van der Waals surface area (Å²) in [5.41, 5.74) is 4.62. The molecule has 1 aromatic heterocycles. The summed E-state index contributed by atoms with van der Waals surface area (Å²) in [7, 11) is 1.36. The number of amides is 1. The Balaban J connectivity index is 1.54. The molecule has 3 aromatic rings. The van der Waals surface area contributed by atoms with E-state index in [1.54, 1.807) is 23.6 Å². The van der Waals surface area contributed by atoms with Crippen LogP contribution in [0.2, 0.25) is 0 Å². The molecule has 7 heteroatoms. The number of ketones is 1. The van der Waals surface area contributed by atoms with Gasteiger partial charge < -0.3 is 14.8 Å². The molecule has 0 aliphatic carbocycles. The minimum Gasteiger partial charge on any atom is -0.487 e. The largest absolute Gasteiger partial charge is 0.487 e. The summed E-state index contributed by atoms with van der Waals surface area (Å²) in [5, 5.41) is 4.58. The summed E-state index contributed by atoms with van der Waals surface area (Å²) < 4.78 is 11.2. The van der Waals surface area contributed by atoms with Crippen molar-refractivity contribution in [1.29, 1.82) is 0 Å². The van der Waals surface area contributed by atoms with Crippen molar-refractivity contribution >= 4 is 29.0 Å². The monoisotopic (exact) mass is 449 g/mol. The lowest BCUT2D eigenvalue weighted by Crippen LogP contribution is -2.34. The Morgan fingerprint density at radius 1 is 1.16 bits per heavy atom. The predicted molar refractivity (Wildman–Crippen MR) is 123 cm³/mol. The van der Waals surface area contributed by atoms with Crippen LogP contribution >= 0.6 is 11.3 Å². The van der Waals surface area contributed by atoms with Gasteiger partial charge in [-0.25, -0.2) is 4.79 Å². The number of fused-ring (bicyclic) bond motifs is 1. The van der Waals surface area contributed by atoms with Crippen molar-refractivity contribution in [2.45, 2.75) is 26.4 Å². The highest BCUT2D eigenvalue weighted by molar-refractivity contribution is 7.12. The van der Waals surface area contributed by atoms with Gasteiger partial charge in [0.15, 0.2) is 5.78 Å². The van der Waals surface area contributed by atoms with Gasteiger partial charge >= 0.3 is 5.97 Å². The fourth-order valence-electron chi connectivity index (χ4n) is 3.86. The van der Waals surface area contributed by atoms with E-state index in [0.717, 1.165) is 28.0 Å². The Morgan fingerprint density at radius 3 is 2.66 bits per heavy atom. The van der Waals surface area contributed by atoms with E-state index in [4.69, 9.17) is 9.47 Å². The molecular formula is C25H23NO5S. The number of carbonyl (C=O) groups excluding carboxylic acids is 3. The number of nitrogens with one attached hydrogen (secondary N) is 1. The molecule has 164 valence electrons. The maximum atomic E-state index is 12.5. The van der Waals surface area contributed by atoms with Crippen molar-refractivity contribution in [3.8, 4) is 16.9 Å². The van der Waals surface area contributed by atoms with Gasteiger partial charge in [-0.1, -0.05) is 24.3 Å². The summed E-state index contributed by atoms with van der Waals surface area (Å²) in [5.74, 6) is 0.0264. The van der Waals surface area contributed by atoms with E-state index in [2.05, 4.69) is 11.4 Å². The van der Waals surface area contributed by atoms with Gasteiger partial charge in [0.1, 0.15) is 11.9 Å². The van der Waals surface area contributed by atoms with E-state index in [1.807, 2.05) is 25.1 Å². The average Bonchev–Trinajstić information content (AvgIpc) is 3.44. The van der Waals surface area contributed by atoms with E-state index >= 15 is 0 Å². The molecule has 4 rings (SSSR count). The van der Waals surface area contributed by atoms with Crippen LogP contribution in [-0.4, -0.2) is 37.4 Å². The first-order valence-electron chi connectivity index (χ1n) is 10.2. The van der Waals surface area contributed by atoms with Gasteiger partial charge in [0, 0.05) is 17.4 Å². The Morgan fingerprint density at radius 2 is 1.94 bits per heavy atom. The SMILES string of the molecule is COC(=O)c1ccccc1-c1cc(C)cc2c1OC(CNC(=O)c1csc(C(C)=O)c1)C2. The Labute approximate surface area is 190 Å². The number of thiophene rings is 1. The van der Waals surface area contributed by atoms with E-state index < -0.39 is 5.97 Å². The van der Waals surface area contributed by atoms with E-state index in [9.17, 15) is 14.4 Å². The minimum atomic E-state index is -0.404. The number of benzene rings is 2. The van der Waals surface area contributed by atoms with Gasteiger partial charge in [-0.2, -0.15) is 0 Å². The van der Waals surface area contributed by atoms with Crippen LogP contribution in [0.5, 0.6) is 5.75 Å². The Kier molecular flexibility index (Phi) is 6.10. The second-order valence-electron chi connectivity index (χ2n) is 7.75. The van der Waals surface area contributed by atoms with Crippen molar-refractivity contribution in [3.63, 3.8) is 0 Å². The molecule has 0 fully saturated rings. The molecule has 1 amide bonds. The van der Waals surface area contributed by atoms with Gasteiger partial charge in [0.05, 0.1) is 29.7 Å². The number of ether oxygens (including phenoxy) is 2. The van der Waals surface area contributed by atoms with Crippen LogP contribution in [-0.2, 0) is 11.2 Å². The number of aryl methyl sites for hydroxylation is 1. The topological polar surface area (TPSA) is 81.7 Å². The van der Waals surface area contributed by atoms with Gasteiger partial charge in [-0.15, -0.1) is 11.3 Å². The van der Waals surface area contributed by atoms with Gasteiger partial charge in [0.25, 0.3) is 5.91 Å². The molecule has 1 aliphatic heterocycles. The second kappa shape index (κ2) is 8.96. The number of rotatable bonds is 6. The van der Waals surface area contributed by atoms with Gasteiger partial charge in [0.2, 0.25) is 0 Å². The zero-order chi connectivity index (χ0) is 22.8. The lowest BCUT2D eigenvalue weighted by molar-refractivity contribution is 0.0601. The molecule has 1 unspecified atom stereocenters. The maximum Gasteiger partial charge on any atom is 0.338 e. The first-order valence-corrected chi connectivity index (χ1v) is 11.1. The highest BCUT2D eigenvalue weighted by atomic mass is 32.1. The van der Waals surface area contributed by atoms with Gasteiger partial charge in [-0.05, 0) is 48.7 Å². The van der Waals surface area contributed by atoms with Crippen LogP contribution < -0.4 is 10.1 Å². The third-order valence-electron chi connectivity index (χ3n) is 5.36.